The average Bonchev–Trinajstić information content (AvgIpc) is 2.97. The Hall–Kier alpha value is -1.83. The predicted octanol–water partition coefficient (Wildman–Crippen LogP) is 2.08. The first-order chi connectivity index (χ1) is 10.6. The van der Waals surface area contributed by atoms with E-state index in [0.717, 1.165) is 11.3 Å². The standard InChI is InChI=1S/C15H17FN2O3S/c1-21-9-10(19)6-7-17-14(20)13-8-18-15(22-13)11-4-2-3-5-12(11)16/h2-5,8,10,19H,6-7,9H2,1H3,(H,17,20). The highest BCUT2D eigenvalue weighted by molar-refractivity contribution is 7.16. The summed E-state index contributed by atoms with van der Waals surface area (Å²) >= 11 is 1.13. The predicted molar refractivity (Wildman–Crippen MR) is 82.3 cm³/mol. The summed E-state index contributed by atoms with van der Waals surface area (Å²) in [5.74, 6) is -0.656. The van der Waals surface area contributed by atoms with E-state index in [1.165, 1.54) is 19.4 Å². The number of hydrogen-bond donors (Lipinski definition) is 2. The molecule has 2 rings (SSSR count). The molecule has 0 aliphatic heterocycles. The molecule has 0 bridgehead atoms. The fourth-order valence-electron chi connectivity index (χ4n) is 1.85. The number of carbonyl (C=O) groups excluding carboxylic acids is 1. The normalized spacial score (nSPS) is 12.1. The van der Waals surface area contributed by atoms with Crippen LogP contribution in [-0.2, 0) is 4.74 Å². The summed E-state index contributed by atoms with van der Waals surface area (Å²) in [5, 5.41) is 12.6. The molecule has 2 aromatic rings. The molecule has 1 atom stereocenters. The molecule has 7 heteroatoms. The van der Waals surface area contributed by atoms with E-state index in [2.05, 4.69) is 10.3 Å². The lowest BCUT2D eigenvalue weighted by atomic mass is 10.2. The van der Waals surface area contributed by atoms with Crippen LogP contribution in [0.25, 0.3) is 10.6 Å². The number of ether oxygens (including phenoxy) is 1. The third-order valence-electron chi connectivity index (χ3n) is 2.96. The third-order valence-corrected chi connectivity index (χ3v) is 3.99. The van der Waals surface area contributed by atoms with Crippen LogP contribution >= 0.6 is 11.3 Å². The number of thiazole rings is 1. The fourth-order valence-corrected chi connectivity index (χ4v) is 2.71. The molecule has 0 saturated heterocycles. The minimum atomic E-state index is -0.610. The van der Waals surface area contributed by atoms with E-state index >= 15 is 0 Å². The fraction of sp³-hybridized carbons (Fsp3) is 0.333. The van der Waals surface area contributed by atoms with Gasteiger partial charge in [0.05, 0.1) is 18.9 Å². The first-order valence-corrected chi connectivity index (χ1v) is 7.59. The second kappa shape index (κ2) is 7.98. The van der Waals surface area contributed by atoms with Crippen molar-refractivity contribution in [2.24, 2.45) is 0 Å². The second-order valence-corrected chi connectivity index (χ2v) is 5.69. The highest BCUT2D eigenvalue weighted by atomic mass is 32.1. The van der Waals surface area contributed by atoms with Crippen molar-refractivity contribution >= 4 is 17.2 Å². The molecule has 1 aromatic carbocycles. The van der Waals surface area contributed by atoms with Crippen LogP contribution in [0.5, 0.6) is 0 Å². The highest BCUT2D eigenvalue weighted by Gasteiger charge is 2.14. The lowest BCUT2D eigenvalue weighted by Gasteiger charge is -2.09. The number of amides is 1. The van der Waals surface area contributed by atoms with Gasteiger partial charge in [0.25, 0.3) is 5.91 Å². The SMILES string of the molecule is COCC(O)CCNC(=O)c1cnc(-c2ccccc2F)s1. The number of hydrogen-bond acceptors (Lipinski definition) is 5. The molecule has 1 amide bonds. The molecule has 5 nitrogen and oxygen atoms in total. The van der Waals surface area contributed by atoms with Crippen LogP contribution in [-0.4, -0.2) is 42.4 Å². The summed E-state index contributed by atoms with van der Waals surface area (Å²) in [7, 11) is 1.50. The largest absolute Gasteiger partial charge is 0.391 e. The number of halogens is 1. The van der Waals surface area contributed by atoms with E-state index in [-0.39, 0.29) is 18.3 Å². The first-order valence-electron chi connectivity index (χ1n) is 6.77. The van der Waals surface area contributed by atoms with Crippen molar-refractivity contribution in [3.8, 4) is 10.6 Å². The van der Waals surface area contributed by atoms with E-state index in [1.807, 2.05) is 0 Å². The molecule has 0 aliphatic rings. The van der Waals surface area contributed by atoms with Gasteiger partial charge in [0.15, 0.2) is 0 Å². The van der Waals surface area contributed by atoms with Crippen molar-refractivity contribution in [3.05, 3.63) is 41.2 Å². The lowest BCUT2D eigenvalue weighted by molar-refractivity contribution is 0.0588. The number of benzene rings is 1. The number of aliphatic hydroxyl groups excluding tert-OH is 1. The quantitative estimate of drug-likeness (QED) is 0.818. The van der Waals surface area contributed by atoms with Gasteiger partial charge in [0, 0.05) is 19.2 Å². The zero-order valence-electron chi connectivity index (χ0n) is 12.1. The molecule has 2 N–H and O–H groups in total. The molecular formula is C15H17FN2O3S. The highest BCUT2D eigenvalue weighted by Crippen LogP contribution is 2.27. The van der Waals surface area contributed by atoms with Gasteiger partial charge in [0.1, 0.15) is 15.7 Å². The van der Waals surface area contributed by atoms with Gasteiger partial charge in [-0.05, 0) is 18.6 Å². The number of carbonyl (C=O) groups is 1. The van der Waals surface area contributed by atoms with Gasteiger partial charge in [-0.15, -0.1) is 11.3 Å². The Morgan fingerprint density at radius 1 is 1.50 bits per heavy atom. The van der Waals surface area contributed by atoms with Crippen LogP contribution in [0, 0.1) is 5.82 Å². The summed E-state index contributed by atoms with van der Waals surface area (Å²) in [6.07, 6.45) is 1.21. The molecule has 0 spiro atoms. The lowest BCUT2D eigenvalue weighted by Crippen LogP contribution is -2.27. The topological polar surface area (TPSA) is 71.5 Å². The van der Waals surface area contributed by atoms with Crippen LogP contribution in [0.15, 0.2) is 30.5 Å². The van der Waals surface area contributed by atoms with Crippen LogP contribution in [0.3, 0.4) is 0 Å². The maximum absolute atomic E-state index is 13.7. The van der Waals surface area contributed by atoms with Gasteiger partial charge >= 0.3 is 0 Å². The number of nitrogens with zero attached hydrogens (tertiary/aromatic N) is 1. The van der Waals surface area contributed by atoms with E-state index in [0.29, 0.717) is 28.4 Å². The molecule has 0 fully saturated rings. The first kappa shape index (κ1) is 16.5. The summed E-state index contributed by atoms with van der Waals surface area (Å²) in [6, 6.07) is 6.30. The van der Waals surface area contributed by atoms with E-state index in [9.17, 15) is 14.3 Å². The van der Waals surface area contributed by atoms with E-state index in [4.69, 9.17) is 4.74 Å². The monoisotopic (exact) mass is 324 g/mol. The Morgan fingerprint density at radius 3 is 3.00 bits per heavy atom. The van der Waals surface area contributed by atoms with Crippen molar-refractivity contribution in [3.63, 3.8) is 0 Å². The maximum Gasteiger partial charge on any atom is 0.263 e. The van der Waals surface area contributed by atoms with Crippen molar-refractivity contribution in [2.75, 3.05) is 20.3 Å². The van der Waals surface area contributed by atoms with Crippen LogP contribution in [0.1, 0.15) is 16.1 Å². The molecule has 1 heterocycles. The van der Waals surface area contributed by atoms with Gasteiger partial charge < -0.3 is 15.2 Å². The van der Waals surface area contributed by atoms with Gasteiger partial charge in [0.2, 0.25) is 0 Å². The Bertz CT molecular complexity index is 633. The van der Waals surface area contributed by atoms with Gasteiger partial charge in [-0.2, -0.15) is 0 Å². The van der Waals surface area contributed by atoms with E-state index < -0.39 is 6.10 Å². The Balaban J connectivity index is 1.94. The molecule has 1 aromatic heterocycles. The van der Waals surface area contributed by atoms with Crippen molar-refractivity contribution in [1.29, 1.82) is 0 Å². The maximum atomic E-state index is 13.7. The minimum Gasteiger partial charge on any atom is -0.391 e. The number of nitrogens with one attached hydrogen (secondary N) is 1. The number of aliphatic hydroxyl groups is 1. The van der Waals surface area contributed by atoms with Gasteiger partial charge in [-0.25, -0.2) is 9.37 Å². The number of rotatable bonds is 7. The van der Waals surface area contributed by atoms with Crippen LogP contribution in [0.2, 0.25) is 0 Å². The zero-order valence-corrected chi connectivity index (χ0v) is 12.9. The molecule has 118 valence electrons. The minimum absolute atomic E-state index is 0.230. The van der Waals surface area contributed by atoms with Crippen LogP contribution < -0.4 is 5.32 Å². The van der Waals surface area contributed by atoms with Gasteiger partial charge in [-0.3, -0.25) is 4.79 Å². The average molecular weight is 324 g/mol. The van der Waals surface area contributed by atoms with E-state index in [1.54, 1.807) is 18.2 Å². The molecular weight excluding hydrogens is 307 g/mol. The molecule has 0 saturated carbocycles. The second-order valence-electron chi connectivity index (χ2n) is 4.66. The van der Waals surface area contributed by atoms with Crippen molar-refractivity contribution < 1.29 is 19.0 Å². The number of methoxy groups -OCH3 is 1. The molecule has 22 heavy (non-hydrogen) atoms. The zero-order chi connectivity index (χ0) is 15.9. The molecule has 1 unspecified atom stereocenters. The van der Waals surface area contributed by atoms with Crippen molar-refractivity contribution in [2.45, 2.75) is 12.5 Å². The summed E-state index contributed by atoms with van der Waals surface area (Å²) in [4.78, 5) is 16.5. The van der Waals surface area contributed by atoms with Crippen LogP contribution in [0.4, 0.5) is 4.39 Å². The molecule has 0 aliphatic carbocycles. The Kier molecular flexibility index (Phi) is 6.00. The van der Waals surface area contributed by atoms with Gasteiger partial charge in [-0.1, -0.05) is 12.1 Å². The van der Waals surface area contributed by atoms with Crippen molar-refractivity contribution in [1.82, 2.24) is 10.3 Å². The summed E-state index contributed by atoms with van der Waals surface area (Å²) in [6.45, 7) is 0.560. The smallest absolute Gasteiger partial charge is 0.263 e. The molecule has 0 radical (unpaired) electrons. The summed E-state index contributed by atoms with van der Waals surface area (Å²) < 4.78 is 18.5. The Morgan fingerprint density at radius 2 is 2.27 bits per heavy atom. The Labute approximate surface area is 131 Å². The summed E-state index contributed by atoms with van der Waals surface area (Å²) in [5.41, 5.74) is 0.377. The third kappa shape index (κ3) is 4.33. The number of aromatic nitrogens is 1.